The Morgan fingerprint density at radius 1 is 1.55 bits per heavy atom. The molecule has 0 unspecified atom stereocenters. The zero-order valence-corrected chi connectivity index (χ0v) is 11.5. The molecule has 1 aromatic heterocycles. The van der Waals surface area contributed by atoms with Gasteiger partial charge < -0.3 is 16.4 Å². The van der Waals surface area contributed by atoms with E-state index in [1.807, 2.05) is 12.1 Å². The van der Waals surface area contributed by atoms with E-state index >= 15 is 0 Å². The molecule has 4 N–H and O–H groups in total. The molecule has 1 atom stereocenters. The van der Waals surface area contributed by atoms with E-state index in [4.69, 9.17) is 5.73 Å². The fourth-order valence-electron chi connectivity index (χ4n) is 2.49. The average Bonchev–Trinajstić information content (AvgIpc) is 3.26. The van der Waals surface area contributed by atoms with Crippen LogP contribution in [0.1, 0.15) is 18.4 Å². The number of amides is 1. The van der Waals surface area contributed by atoms with Gasteiger partial charge in [0, 0.05) is 44.0 Å². The van der Waals surface area contributed by atoms with E-state index in [9.17, 15) is 4.79 Å². The first-order valence-corrected chi connectivity index (χ1v) is 7.18. The van der Waals surface area contributed by atoms with Crippen LogP contribution in [0.2, 0.25) is 0 Å². The van der Waals surface area contributed by atoms with Crippen LogP contribution in [0.3, 0.4) is 0 Å². The molecule has 1 aliphatic heterocycles. The summed E-state index contributed by atoms with van der Waals surface area (Å²) in [5.41, 5.74) is 6.90. The smallest absolute Gasteiger partial charge is 0.238 e. The van der Waals surface area contributed by atoms with E-state index < -0.39 is 0 Å². The number of hydrogen-bond acceptors (Lipinski definition) is 5. The van der Waals surface area contributed by atoms with Gasteiger partial charge in [-0.1, -0.05) is 6.07 Å². The lowest BCUT2D eigenvalue weighted by molar-refractivity contribution is -0.124. The summed E-state index contributed by atoms with van der Waals surface area (Å²) in [6, 6.07) is 4.17. The third kappa shape index (κ3) is 3.26. The molecular weight excluding hydrogens is 254 g/mol. The lowest BCUT2D eigenvalue weighted by Gasteiger charge is -2.33. The minimum absolute atomic E-state index is 0.122. The van der Waals surface area contributed by atoms with E-state index in [0.717, 1.165) is 38.0 Å². The van der Waals surface area contributed by atoms with Crippen molar-refractivity contribution >= 4 is 11.7 Å². The standard InChI is InChI=1S/C14H21N5O/c15-13-10(2-1-5-17-13)8-19-7-6-16-12(9-19)14(20)18-11-3-4-11/h1-2,5,11-12,16H,3-4,6-9H2,(H2,15,17)(H,18,20)/t12-/m0/s1. The number of nitrogens with one attached hydrogen (secondary N) is 2. The molecule has 2 fully saturated rings. The van der Waals surface area contributed by atoms with Gasteiger partial charge in [0.15, 0.2) is 0 Å². The first-order chi connectivity index (χ1) is 9.72. The minimum Gasteiger partial charge on any atom is -0.383 e. The van der Waals surface area contributed by atoms with Crippen LogP contribution < -0.4 is 16.4 Å². The molecule has 0 spiro atoms. The topological polar surface area (TPSA) is 83.3 Å². The zero-order valence-electron chi connectivity index (χ0n) is 11.5. The number of nitrogen functional groups attached to an aromatic ring is 1. The summed E-state index contributed by atoms with van der Waals surface area (Å²) in [6.07, 6.45) is 3.94. The van der Waals surface area contributed by atoms with Crippen LogP contribution in [0.5, 0.6) is 0 Å². The number of nitrogens with zero attached hydrogens (tertiary/aromatic N) is 2. The van der Waals surface area contributed by atoms with Gasteiger partial charge in [0.1, 0.15) is 5.82 Å². The molecule has 1 aromatic rings. The monoisotopic (exact) mass is 275 g/mol. The molecule has 20 heavy (non-hydrogen) atoms. The Kier molecular flexibility index (Phi) is 3.84. The van der Waals surface area contributed by atoms with Gasteiger partial charge >= 0.3 is 0 Å². The maximum Gasteiger partial charge on any atom is 0.238 e. The lowest BCUT2D eigenvalue weighted by atomic mass is 10.1. The van der Waals surface area contributed by atoms with Crippen molar-refractivity contribution in [2.75, 3.05) is 25.4 Å². The summed E-state index contributed by atoms with van der Waals surface area (Å²) >= 11 is 0. The Morgan fingerprint density at radius 2 is 2.40 bits per heavy atom. The quantitative estimate of drug-likeness (QED) is 0.704. The lowest BCUT2D eigenvalue weighted by Crippen LogP contribution is -2.57. The molecule has 1 aliphatic carbocycles. The van der Waals surface area contributed by atoms with Crippen LogP contribution in [0.25, 0.3) is 0 Å². The molecular formula is C14H21N5O. The zero-order chi connectivity index (χ0) is 13.9. The van der Waals surface area contributed by atoms with Gasteiger partial charge in [-0.3, -0.25) is 9.69 Å². The number of carbonyl (C=O) groups excluding carboxylic acids is 1. The molecule has 0 radical (unpaired) electrons. The number of aromatic nitrogens is 1. The fraction of sp³-hybridized carbons (Fsp3) is 0.571. The highest BCUT2D eigenvalue weighted by atomic mass is 16.2. The number of pyridine rings is 1. The molecule has 6 heteroatoms. The Hall–Kier alpha value is -1.66. The molecule has 2 aliphatic rings. The van der Waals surface area contributed by atoms with Crippen molar-refractivity contribution in [3.05, 3.63) is 23.9 Å². The summed E-state index contributed by atoms with van der Waals surface area (Å²) in [4.78, 5) is 18.4. The van der Waals surface area contributed by atoms with Gasteiger partial charge in [-0.25, -0.2) is 4.98 Å². The molecule has 3 rings (SSSR count). The molecule has 6 nitrogen and oxygen atoms in total. The highest BCUT2D eigenvalue weighted by Gasteiger charge is 2.30. The number of piperazine rings is 1. The molecule has 0 aromatic carbocycles. The van der Waals surface area contributed by atoms with Crippen LogP contribution in [-0.4, -0.2) is 47.5 Å². The first kappa shape index (κ1) is 13.3. The van der Waals surface area contributed by atoms with Crippen molar-refractivity contribution in [3.8, 4) is 0 Å². The van der Waals surface area contributed by atoms with Crippen molar-refractivity contribution in [1.29, 1.82) is 0 Å². The summed E-state index contributed by atoms with van der Waals surface area (Å²) < 4.78 is 0. The summed E-state index contributed by atoms with van der Waals surface area (Å²) in [6.45, 7) is 3.20. The largest absolute Gasteiger partial charge is 0.383 e. The van der Waals surface area contributed by atoms with Crippen LogP contribution in [0, 0.1) is 0 Å². The van der Waals surface area contributed by atoms with Crippen molar-refractivity contribution in [1.82, 2.24) is 20.5 Å². The Balaban J connectivity index is 1.57. The third-order valence-electron chi connectivity index (χ3n) is 3.82. The summed E-state index contributed by atoms with van der Waals surface area (Å²) in [5.74, 6) is 0.696. The van der Waals surface area contributed by atoms with Gasteiger partial charge in [0.25, 0.3) is 0 Å². The maximum atomic E-state index is 12.1. The molecule has 0 bridgehead atoms. The van der Waals surface area contributed by atoms with Crippen LogP contribution in [0.15, 0.2) is 18.3 Å². The van der Waals surface area contributed by atoms with E-state index in [1.54, 1.807) is 6.20 Å². The number of carbonyl (C=O) groups is 1. The molecule has 1 saturated carbocycles. The van der Waals surface area contributed by atoms with E-state index in [-0.39, 0.29) is 11.9 Å². The van der Waals surface area contributed by atoms with E-state index in [2.05, 4.69) is 20.5 Å². The summed E-state index contributed by atoms with van der Waals surface area (Å²) in [5, 5.41) is 6.34. The van der Waals surface area contributed by atoms with Crippen molar-refractivity contribution in [2.45, 2.75) is 31.5 Å². The number of nitrogens with two attached hydrogens (primary N) is 1. The average molecular weight is 275 g/mol. The maximum absolute atomic E-state index is 12.1. The second-order valence-corrected chi connectivity index (χ2v) is 5.57. The van der Waals surface area contributed by atoms with Gasteiger partial charge in [-0.15, -0.1) is 0 Å². The van der Waals surface area contributed by atoms with E-state index in [0.29, 0.717) is 18.4 Å². The number of anilines is 1. The van der Waals surface area contributed by atoms with Crippen LogP contribution in [-0.2, 0) is 11.3 Å². The molecule has 2 heterocycles. The number of rotatable bonds is 4. The fourth-order valence-corrected chi connectivity index (χ4v) is 2.49. The Labute approximate surface area is 118 Å². The Morgan fingerprint density at radius 3 is 3.15 bits per heavy atom. The SMILES string of the molecule is Nc1ncccc1CN1CCN[C@H](C(=O)NC2CC2)C1. The predicted molar refractivity (Wildman–Crippen MR) is 76.9 cm³/mol. The molecule has 1 saturated heterocycles. The Bertz CT molecular complexity index is 488. The van der Waals surface area contributed by atoms with Gasteiger partial charge in [0.05, 0.1) is 6.04 Å². The normalized spacial score (nSPS) is 23.5. The van der Waals surface area contributed by atoms with Crippen LogP contribution >= 0.6 is 0 Å². The highest BCUT2D eigenvalue weighted by Crippen LogP contribution is 2.19. The minimum atomic E-state index is -0.123. The predicted octanol–water partition coefficient (Wildman–Crippen LogP) is -0.284. The molecule has 1 amide bonds. The van der Waals surface area contributed by atoms with Gasteiger partial charge in [0.2, 0.25) is 5.91 Å². The van der Waals surface area contributed by atoms with Crippen LogP contribution in [0.4, 0.5) is 5.82 Å². The third-order valence-corrected chi connectivity index (χ3v) is 3.82. The van der Waals surface area contributed by atoms with Crippen molar-refractivity contribution in [2.24, 2.45) is 0 Å². The molecule has 108 valence electrons. The van der Waals surface area contributed by atoms with Gasteiger partial charge in [-0.2, -0.15) is 0 Å². The summed E-state index contributed by atoms with van der Waals surface area (Å²) in [7, 11) is 0. The van der Waals surface area contributed by atoms with E-state index in [1.165, 1.54) is 0 Å². The highest BCUT2D eigenvalue weighted by molar-refractivity contribution is 5.82. The van der Waals surface area contributed by atoms with Crippen molar-refractivity contribution < 1.29 is 4.79 Å². The second kappa shape index (κ2) is 5.76. The first-order valence-electron chi connectivity index (χ1n) is 7.18. The van der Waals surface area contributed by atoms with Gasteiger partial charge in [-0.05, 0) is 18.9 Å². The second-order valence-electron chi connectivity index (χ2n) is 5.57. The van der Waals surface area contributed by atoms with Crippen molar-refractivity contribution in [3.63, 3.8) is 0 Å². The number of hydrogen-bond donors (Lipinski definition) is 3.